The zero-order chi connectivity index (χ0) is 10.5. The minimum absolute atomic E-state index is 0.0181. The fourth-order valence-electron chi connectivity index (χ4n) is 3.37. The van der Waals surface area contributed by atoms with Crippen molar-refractivity contribution >= 4 is 0 Å². The summed E-state index contributed by atoms with van der Waals surface area (Å²) in [7, 11) is 0. The summed E-state index contributed by atoms with van der Waals surface area (Å²) >= 11 is 0. The molecule has 2 saturated heterocycles. The zero-order valence-electron chi connectivity index (χ0n) is 9.81. The summed E-state index contributed by atoms with van der Waals surface area (Å²) in [5.74, 6) is 0.715. The highest BCUT2D eigenvalue weighted by Gasteiger charge is 2.55. The standard InChI is InChI=1S/C12H22N2O/c1-9(2)10-11(4-3-5-11)8-15-12(14-10)6-13-7-12/h9-10,13-14H,3-8H2,1-2H3. The van der Waals surface area contributed by atoms with Crippen LogP contribution < -0.4 is 10.6 Å². The van der Waals surface area contributed by atoms with E-state index < -0.39 is 0 Å². The van der Waals surface area contributed by atoms with Gasteiger partial charge in [-0.25, -0.2) is 0 Å². The van der Waals surface area contributed by atoms with Crippen molar-refractivity contribution in [2.45, 2.75) is 44.9 Å². The van der Waals surface area contributed by atoms with Gasteiger partial charge in [0.05, 0.1) is 6.61 Å². The lowest BCUT2D eigenvalue weighted by Crippen LogP contribution is -2.78. The number of hydrogen-bond donors (Lipinski definition) is 2. The van der Waals surface area contributed by atoms with Crippen molar-refractivity contribution in [2.24, 2.45) is 11.3 Å². The summed E-state index contributed by atoms with van der Waals surface area (Å²) < 4.78 is 6.07. The quantitative estimate of drug-likeness (QED) is 0.680. The molecule has 2 spiro atoms. The van der Waals surface area contributed by atoms with Gasteiger partial charge >= 0.3 is 0 Å². The number of ether oxygens (including phenoxy) is 1. The van der Waals surface area contributed by atoms with E-state index in [9.17, 15) is 0 Å². The Morgan fingerprint density at radius 1 is 1.27 bits per heavy atom. The molecule has 0 aromatic heterocycles. The lowest BCUT2D eigenvalue weighted by Gasteiger charge is -2.60. The molecule has 1 unspecified atom stereocenters. The molecule has 3 aliphatic rings. The van der Waals surface area contributed by atoms with Gasteiger partial charge in [0.25, 0.3) is 0 Å². The predicted molar refractivity (Wildman–Crippen MR) is 59.6 cm³/mol. The fourth-order valence-corrected chi connectivity index (χ4v) is 3.37. The summed E-state index contributed by atoms with van der Waals surface area (Å²) in [6.07, 6.45) is 4.10. The first-order chi connectivity index (χ1) is 7.16. The second-order valence-corrected chi connectivity index (χ2v) is 5.97. The molecule has 0 bridgehead atoms. The molecule has 1 aliphatic carbocycles. The van der Waals surface area contributed by atoms with E-state index in [2.05, 4.69) is 24.5 Å². The van der Waals surface area contributed by atoms with E-state index in [0.717, 1.165) is 19.7 Å². The van der Waals surface area contributed by atoms with Gasteiger partial charge in [-0.05, 0) is 18.8 Å². The minimum Gasteiger partial charge on any atom is -0.357 e. The van der Waals surface area contributed by atoms with Gasteiger partial charge in [-0.3, -0.25) is 5.32 Å². The van der Waals surface area contributed by atoms with Crippen molar-refractivity contribution in [3.63, 3.8) is 0 Å². The second-order valence-electron chi connectivity index (χ2n) is 5.97. The summed E-state index contributed by atoms with van der Waals surface area (Å²) in [6, 6.07) is 0.655. The van der Waals surface area contributed by atoms with Crippen LogP contribution in [-0.2, 0) is 4.74 Å². The highest BCUT2D eigenvalue weighted by molar-refractivity contribution is 5.07. The van der Waals surface area contributed by atoms with Crippen LogP contribution in [0, 0.1) is 11.3 Å². The molecule has 2 N–H and O–H groups in total. The van der Waals surface area contributed by atoms with Gasteiger partial charge in [0, 0.05) is 24.5 Å². The molecule has 0 amide bonds. The Hall–Kier alpha value is -0.120. The van der Waals surface area contributed by atoms with Gasteiger partial charge < -0.3 is 10.1 Å². The highest BCUT2D eigenvalue weighted by Crippen LogP contribution is 2.49. The molecule has 1 saturated carbocycles. The van der Waals surface area contributed by atoms with Crippen LogP contribution >= 0.6 is 0 Å². The van der Waals surface area contributed by atoms with Crippen LogP contribution in [0.1, 0.15) is 33.1 Å². The van der Waals surface area contributed by atoms with Crippen LogP contribution in [0.3, 0.4) is 0 Å². The normalized spacial score (nSPS) is 36.6. The van der Waals surface area contributed by atoms with Gasteiger partial charge in [0.15, 0.2) is 0 Å². The molecular weight excluding hydrogens is 188 g/mol. The van der Waals surface area contributed by atoms with Crippen molar-refractivity contribution in [3.05, 3.63) is 0 Å². The largest absolute Gasteiger partial charge is 0.357 e. The molecule has 0 aromatic carbocycles. The Labute approximate surface area is 91.9 Å². The number of rotatable bonds is 1. The Morgan fingerprint density at radius 3 is 2.40 bits per heavy atom. The molecule has 2 heterocycles. The van der Waals surface area contributed by atoms with Gasteiger partial charge in [-0.1, -0.05) is 20.3 Å². The van der Waals surface area contributed by atoms with Gasteiger partial charge in [-0.15, -0.1) is 0 Å². The maximum absolute atomic E-state index is 6.07. The van der Waals surface area contributed by atoms with E-state index in [1.807, 2.05) is 0 Å². The topological polar surface area (TPSA) is 33.3 Å². The molecule has 3 rings (SSSR count). The molecule has 3 nitrogen and oxygen atoms in total. The Balaban J connectivity index is 1.78. The third-order valence-corrected chi connectivity index (χ3v) is 4.55. The van der Waals surface area contributed by atoms with Crippen LogP contribution in [0.2, 0.25) is 0 Å². The molecule has 86 valence electrons. The van der Waals surface area contributed by atoms with E-state index >= 15 is 0 Å². The highest BCUT2D eigenvalue weighted by atomic mass is 16.5. The third kappa shape index (κ3) is 1.37. The summed E-state index contributed by atoms with van der Waals surface area (Å²) in [5.41, 5.74) is 0.449. The third-order valence-electron chi connectivity index (χ3n) is 4.55. The molecule has 15 heavy (non-hydrogen) atoms. The van der Waals surface area contributed by atoms with Crippen molar-refractivity contribution in [2.75, 3.05) is 19.7 Å². The van der Waals surface area contributed by atoms with E-state index in [-0.39, 0.29) is 5.72 Å². The second kappa shape index (κ2) is 3.19. The lowest BCUT2D eigenvalue weighted by atomic mass is 9.60. The molecule has 3 fully saturated rings. The van der Waals surface area contributed by atoms with Gasteiger partial charge in [0.2, 0.25) is 0 Å². The molecule has 0 aromatic rings. The molecular formula is C12H22N2O. The molecule has 1 atom stereocenters. The lowest BCUT2D eigenvalue weighted by molar-refractivity contribution is -0.212. The fraction of sp³-hybridized carbons (Fsp3) is 1.00. The summed E-state index contributed by atoms with van der Waals surface area (Å²) in [5, 5.41) is 7.08. The number of nitrogens with one attached hydrogen (secondary N) is 2. The smallest absolute Gasteiger partial charge is 0.144 e. The van der Waals surface area contributed by atoms with Crippen LogP contribution in [0.15, 0.2) is 0 Å². The van der Waals surface area contributed by atoms with Crippen LogP contribution in [-0.4, -0.2) is 31.5 Å². The van der Waals surface area contributed by atoms with E-state index in [0.29, 0.717) is 17.4 Å². The van der Waals surface area contributed by atoms with E-state index in [1.165, 1.54) is 19.3 Å². The van der Waals surface area contributed by atoms with E-state index in [4.69, 9.17) is 4.74 Å². The predicted octanol–water partition coefficient (Wildman–Crippen LogP) is 1.10. The molecule has 3 heteroatoms. The van der Waals surface area contributed by atoms with Crippen molar-refractivity contribution in [3.8, 4) is 0 Å². The van der Waals surface area contributed by atoms with Crippen molar-refractivity contribution in [1.29, 1.82) is 0 Å². The van der Waals surface area contributed by atoms with Crippen molar-refractivity contribution in [1.82, 2.24) is 10.6 Å². The van der Waals surface area contributed by atoms with Crippen LogP contribution in [0.4, 0.5) is 0 Å². The Morgan fingerprint density at radius 2 is 2.00 bits per heavy atom. The molecule has 0 radical (unpaired) electrons. The first kappa shape index (κ1) is 10.1. The SMILES string of the molecule is CC(C)C1NC2(CNC2)OCC12CCC2. The Bertz CT molecular complexity index is 256. The van der Waals surface area contributed by atoms with Crippen molar-refractivity contribution < 1.29 is 4.74 Å². The average molecular weight is 210 g/mol. The zero-order valence-corrected chi connectivity index (χ0v) is 9.81. The maximum Gasteiger partial charge on any atom is 0.144 e. The van der Waals surface area contributed by atoms with Crippen LogP contribution in [0.25, 0.3) is 0 Å². The van der Waals surface area contributed by atoms with E-state index in [1.54, 1.807) is 0 Å². The first-order valence-electron chi connectivity index (χ1n) is 6.28. The monoisotopic (exact) mass is 210 g/mol. The average Bonchev–Trinajstić information content (AvgIpc) is 2.11. The minimum atomic E-state index is -0.0181. The number of hydrogen-bond acceptors (Lipinski definition) is 3. The molecule has 2 aliphatic heterocycles. The Kier molecular flexibility index (Phi) is 2.14. The van der Waals surface area contributed by atoms with Gasteiger partial charge in [-0.2, -0.15) is 0 Å². The summed E-state index contributed by atoms with van der Waals surface area (Å²) in [4.78, 5) is 0. The van der Waals surface area contributed by atoms with Gasteiger partial charge in [0.1, 0.15) is 5.72 Å². The van der Waals surface area contributed by atoms with Crippen LogP contribution in [0.5, 0.6) is 0 Å². The maximum atomic E-state index is 6.07. The summed E-state index contributed by atoms with van der Waals surface area (Å²) in [6.45, 7) is 7.61. The first-order valence-corrected chi connectivity index (χ1v) is 6.28.